The number of sulfonamides is 1. The highest BCUT2D eigenvalue weighted by atomic mass is 32.2. The van der Waals surface area contributed by atoms with E-state index in [1.54, 1.807) is 13.0 Å². The monoisotopic (exact) mass is 369 g/mol. The van der Waals surface area contributed by atoms with Gasteiger partial charge in [-0.1, -0.05) is 35.9 Å². The summed E-state index contributed by atoms with van der Waals surface area (Å²) in [4.78, 5) is -0.130. The highest BCUT2D eigenvalue weighted by Gasteiger charge is 2.43. The van der Waals surface area contributed by atoms with Crippen molar-refractivity contribution >= 4 is 10.0 Å². The van der Waals surface area contributed by atoms with Crippen molar-refractivity contribution in [1.29, 1.82) is 0 Å². The first-order valence-corrected chi connectivity index (χ1v) is 9.42. The molecule has 0 amide bonds. The van der Waals surface area contributed by atoms with Gasteiger partial charge in [-0.15, -0.1) is 0 Å². The number of alkyl halides is 3. The highest BCUT2D eigenvalue weighted by molar-refractivity contribution is 7.89. The van der Waals surface area contributed by atoms with Gasteiger partial charge in [-0.05, 0) is 55.0 Å². The fourth-order valence-corrected chi connectivity index (χ4v) is 4.28. The van der Waals surface area contributed by atoms with Gasteiger partial charge in [0.15, 0.2) is 0 Å². The van der Waals surface area contributed by atoms with Crippen LogP contribution in [0.3, 0.4) is 0 Å². The molecule has 7 heteroatoms. The molecule has 0 bridgehead atoms. The minimum absolute atomic E-state index is 0.130. The van der Waals surface area contributed by atoms with E-state index in [1.165, 1.54) is 36.4 Å². The lowest BCUT2D eigenvalue weighted by atomic mass is 10.1. The second-order valence-corrected chi connectivity index (χ2v) is 8.00. The second-order valence-electron chi connectivity index (χ2n) is 6.29. The van der Waals surface area contributed by atoms with E-state index in [4.69, 9.17) is 0 Å². The second kappa shape index (κ2) is 6.46. The van der Waals surface area contributed by atoms with Crippen LogP contribution in [0.4, 0.5) is 13.2 Å². The van der Waals surface area contributed by atoms with Gasteiger partial charge in [0, 0.05) is 0 Å². The number of rotatable bonds is 4. The zero-order valence-electron chi connectivity index (χ0n) is 13.6. The van der Waals surface area contributed by atoms with Crippen LogP contribution in [0.25, 0.3) is 0 Å². The molecule has 1 atom stereocenters. The highest BCUT2D eigenvalue weighted by Crippen LogP contribution is 2.34. The van der Waals surface area contributed by atoms with E-state index in [-0.39, 0.29) is 10.5 Å². The van der Waals surface area contributed by atoms with Crippen LogP contribution >= 0.6 is 0 Å². The van der Waals surface area contributed by atoms with E-state index in [0.717, 1.165) is 36.0 Å². The summed E-state index contributed by atoms with van der Waals surface area (Å²) in [5.41, 5.74) is 2.61. The topological polar surface area (TPSA) is 46.2 Å². The molecule has 0 saturated heterocycles. The number of fused-ring (bicyclic) bond motifs is 1. The molecule has 134 valence electrons. The van der Waals surface area contributed by atoms with E-state index in [1.807, 2.05) is 4.72 Å². The number of hydrogen-bond acceptors (Lipinski definition) is 2. The Kier molecular flexibility index (Phi) is 4.64. The van der Waals surface area contributed by atoms with Gasteiger partial charge in [-0.2, -0.15) is 17.9 Å². The van der Waals surface area contributed by atoms with Crippen LogP contribution in [0.15, 0.2) is 47.4 Å². The molecule has 0 fully saturated rings. The average Bonchev–Trinajstić information content (AvgIpc) is 3.00. The molecule has 0 aliphatic heterocycles. The van der Waals surface area contributed by atoms with Crippen molar-refractivity contribution in [1.82, 2.24) is 4.72 Å². The summed E-state index contributed by atoms with van der Waals surface area (Å²) in [6.07, 6.45) is -2.18. The van der Waals surface area contributed by atoms with Crippen LogP contribution < -0.4 is 4.72 Å². The van der Waals surface area contributed by atoms with Crippen molar-refractivity contribution in [3.8, 4) is 0 Å². The molecule has 1 N–H and O–H groups in total. The number of aryl methyl sites for hydroxylation is 3. The molecule has 2 aromatic carbocycles. The summed E-state index contributed by atoms with van der Waals surface area (Å²) >= 11 is 0. The maximum Gasteiger partial charge on any atom is 0.408 e. The quantitative estimate of drug-likeness (QED) is 0.883. The van der Waals surface area contributed by atoms with Crippen LogP contribution in [-0.2, 0) is 22.9 Å². The number of hydrogen-bond donors (Lipinski definition) is 1. The van der Waals surface area contributed by atoms with Crippen molar-refractivity contribution in [2.45, 2.75) is 43.3 Å². The summed E-state index contributed by atoms with van der Waals surface area (Å²) in [6.45, 7) is 1.75. The molecule has 3 nitrogen and oxygen atoms in total. The van der Waals surface area contributed by atoms with Crippen LogP contribution in [0, 0.1) is 6.92 Å². The van der Waals surface area contributed by atoms with E-state index in [2.05, 4.69) is 0 Å². The Morgan fingerprint density at radius 2 is 1.64 bits per heavy atom. The predicted octanol–water partition coefficient (Wildman–Crippen LogP) is 4.07. The zero-order chi connectivity index (χ0) is 18.2. The minimum atomic E-state index is -4.74. The normalized spacial score (nSPS) is 15.8. The molecule has 0 aromatic heterocycles. The molecule has 0 heterocycles. The SMILES string of the molecule is Cc1ccc([C@@H](NS(=O)(=O)c2ccc3c(c2)CCC3)C(F)(F)F)cc1. The summed E-state index contributed by atoms with van der Waals surface area (Å²) in [7, 11) is -4.29. The van der Waals surface area contributed by atoms with Crippen molar-refractivity contribution < 1.29 is 21.6 Å². The first-order valence-electron chi connectivity index (χ1n) is 7.94. The van der Waals surface area contributed by atoms with Gasteiger partial charge in [-0.3, -0.25) is 0 Å². The van der Waals surface area contributed by atoms with Crippen LogP contribution in [0.2, 0.25) is 0 Å². The van der Waals surface area contributed by atoms with Gasteiger partial charge in [-0.25, -0.2) is 8.42 Å². The average molecular weight is 369 g/mol. The third-order valence-electron chi connectivity index (χ3n) is 4.39. The van der Waals surface area contributed by atoms with Crippen LogP contribution in [0.1, 0.15) is 34.7 Å². The minimum Gasteiger partial charge on any atom is -0.207 e. The summed E-state index contributed by atoms with van der Waals surface area (Å²) in [6, 6.07) is 7.88. The van der Waals surface area contributed by atoms with Gasteiger partial charge in [0.25, 0.3) is 0 Å². The van der Waals surface area contributed by atoms with Gasteiger partial charge in [0.05, 0.1) is 4.90 Å². The molecule has 0 spiro atoms. The fraction of sp³-hybridized carbons (Fsp3) is 0.333. The molecular formula is C18H18F3NO2S. The van der Waals surface area contributed by atoms with E-state index in [0.29, 0.717) is 0 Å². The molecule has 3 rings (SSSR count). The summed E-state index contributed by atoms with van der Waals surface area (Å²) < 4.78 is 67.2. The Labute approximate surface area is 144 Å². The van der Waals surface area contributed by atoms with E-state index in [9.17, 15) is 21.6 Å². The molecule has 2 aromatic rings. The van der Waals surface area contributed by atoms with E-state index >= 15 is 0 Å². The largest absolute Gasteiger partial charge is 0.408 e. The van der Waals surface area contributed by atoms with Crippen molar-refractivity contribution in [3.63, 3.8) is 0 Å². The molecular weight excluding hydrogens is 351 g/mol. The Balaban J connectivity index is 1.94. The van der Waals surface area contributed by atoms with Gasteiger partial charge >= 0.3 is 6.18 Å². The maximum atomic E-state index is 13.4. The predicted molar refractivity (Wildman–Crippen MR) is 88.8 cm³/mol. The third-order valence-corrected chi connectivity index (χ3v) is 5.81. The molecule has 0 unspecified atom stereocenters. The number of nitrogens with one attached hydrogen (secondary N) is 1. The molecule has 0 saturated carbocycles. The molecule has 0 radical (unpaired) electrons. The Morgan fingerprint density at radius 3 is 2.28 bits per heavy atom. The lowest BCUT2D eigenvalue weighted by molar-refractivity contribution is -0.153. The van der Waals surface area contributed by atoms with Crippen LogP contribution in [0.5, 0.6) is 0 Å². The van der Waals surface area contributed by atoms with Gasteiger partial charge < -0.3 is 0 Å². The first-order chi connectivity index (χ1) is 11.7. The third kappa shape index (κ3) is 3.88. The Bertz CT molecular complexity index is 874. The first kappa shape index (κ1) is 17.9. The fourth-order valence-electron chi connectivity index (χ4n) is 3.02. The standard InChI is InChI=1S/C18H18F3NO2S/c1-12-5-7-14(8-6-12)17(18(19,20)21)22-25(23,24)16-10-9-13-3-2-4-15(13)11-16/h5-11,17,22H,2-4H2,1H3/t17-/m1/s1. The molecule has 1 aliphatic rings. The van der Waals surface area contributed by atoms with Crippen molar-refractivity contribution in [2.24, 2.45) is 0 Å². The number of halogens is 3. The lowest BCUT2D eigenvalue weighted by Crippen LogP contribution is -2.38. The van der Waals surface area contributed by atoms with Crippen LogP contribution in [-0.4, -0.2) is 14.6 Å². The van der Waals surface area contributed by atoms with Crippen molar-refractivity contribution in [2.75, 3.05) is 0 Å². The Hall–Kier alpha value is -1.86. The molecule has 1 aliphatic carbocycles. The maximum absolute atomic E-state index is 13.4. The van der Waals surface area contributed by atoms with Crippen molar-refractivity contribution in [3.05, 3.63) is 64.7 Å². The lowest BCUT2D eigenvalue weighted by Gasteiger charge is -2.22. The molecule has 25 heavy (non-hydrogen) atoms. The summed E-state index contributed by atoms with van der Waals surface area (Å²) in [5.74, 6) is 0. The Morgan fingerprint density at radius 1 is 1.00 bits per heavy atom. The van der Waals surface area contributed by atoms with Gasteiger partial charge in [0.1, 0.15) is 6.04 Å². The van der Waals surface area contributed by atoms with Gasteiger partial charge in [0.2, 0.25) is 10.0 Å². The summed E-state index contributed by atoms with van der Waals surface area (Å²) in [5, 5.41) is 0. The zero-order valence-corrected chi connectivity index (χ0v) is 14.4. The number of benzene rings is 2. The van der Waals surface area contributed by atoms with E-state index < -0.39 is 22.2 Å². The smallest absolute Gasteiger partial charge is 0.207 e.